The fourth-order valence-electron chi connectivity index (χ4n) is 1.59. The first-order valence-electron chi connectivity index (χ1n) is 4.69. The van der Waals surface area contributed by atoms with Gasteiger partial charge in [0.05, 0.1) is 6.26 Å². The summed E-state index contributed by atoms with van der Waals surface area (Å²) in [6.07, 6.45) is 1.29. The van der Waals surface area contributed by atoms with Crippen LogP contribution >= 0.6 is 0 Å². The summed E-state index contributed by atoms with van der Waals surface area (Å²) in [6.45, 7) is -0.638. The van der Waals surface area contributed by atoms with E-state index in [0.29, 0.717) is 16.7 Å². The van der Waals surface area contributed by atoms with Gasteiger partial charge in [-0.2, -0.15) is 0 Å². The van der Waals surface area contributed by atoms with Crippen LogP contribution in [0.25, 0.3) is 11.1 Å². The minimum absolute atomic E-state index is 0.166. The topological polar surface area (TPSA) is 50.4 Å². The summed E-state index contributed by atoms with van der Waals surface area (Å²) in [5.74, 6) is -1.32. The van der Waals surface area contributed by atoms with Crippen molar-refractivity contribution in [1.82, 2.24) is 0 Å². The molecule has 1 aromatic heterocycles. The Bertz CT molecular complexity index is 516. The van der Waals surface area contributed by atoms with Gasteiger partial charge in [0.1, 0.15) is 6.67 Å². The van der Waals surface area contributed by atoms with E-state index in [1.807, 2.05) is 0 Å². The number of furan rings is 1. The molecule has 1 aromatic carbocycles. The molecule has 0 saturated carbocycles. The largest absolute Gasteiger partial charge is 0.475 e. The monoisotopic (exact) mass is 220 g/mol. The van der Waals surface area contributed by atoms with Gasteiger partial charge in [0, 0.05) is 5.56 Å². The molecule has 0 aliphatic heterocycles. The maximum absolute atomic E-state index is 12.7. The van der Waals surface area contributed by atoms with E-state index < -0.39 is 12.6 Å². The molecule has 3 nitrogen and oxygen atoms in total. The van der Waals surface area contributed by atoms with Crippen LogP contribution in [0, 0.1) is 0 Å². The first-order chi connectivity index (χ1) is 7.74. The Morgan fingerprint density at radius 3 is 2.69 bits per heavy atom. The van der Waals surface area contributed by atoms with E-state index in [1.54, 1.807) is 24.3 Å². The Hall–Kier alpha value is -2.10. The van der Waals surface area contributed by atoms with Gasteiger partial charge >= 0.3 is 5.97 Å². The highest BCUT2D eigenvalue weighted by molar-refractivity contribution is 5.93. The second kappa shape index (κ2) is 4.18. The van der Waals surface area contributed by atoms with E-state index in [4.69, 9.17) is 9.52 Å². The standard InChI is InChI=1S/C12H9FO3/c13-7-8-3-1-2-4-9(8)10-5-6-16-11(10)12(14)15/h1-6H,7H2,(H,14,15). The molecule has 0 aliphatic carbocycles. The lowest BCUT2D eigenvalue weighted by Gasteiger charge is -2.04. The van der Waals surface area contributed by atoms with Crippen LogP contribution in [-0.4, -0.2) is 11.1 Å². The molecule has 0 fully saturated rings. The van der Waals surface area contributed by atoms with Crippen molar-refractivity contribution >= 4 is 5.97 Å². The van der Waals surface area contributed by atoms with Crippen LogP contribution in [0.3, 0.4) is 0 Å². The van der Waals surface area contributed by atoms with Crippen molar-refractivity contribution in [1.29, 1.82) is 0 Å². The summed E-state index contributed by atoms with van der Waals surface area (Å²) in [5.41, 5.74) is 1.41. The van der Waals surface area contributed by atoms with E-state index in [2.05, 4.69) is 0 Å². The minimum atomic E-state index is -1.16. The summed E-state index contributed by atoms with van der Waals surface area (Å²) in [6, 6.07) is 8.25. The number of hydrogen-bond acceptors (Lipinski definition) is 2. The summed E-state index contributed by atoms with van der Waals surface area (Å²) < 4.78 is 17.6. The zero-order chi connectivity index (χ0) is 11.5. The number of carbonyl (C=O) groups is 1. The number of halogens is 1. The SMILES string of the molecule is O=C(O)c1occc1-c1ccccc1CF. The number of aromatic carboxylic acids is 1. The van der Waals surface area contributed by atoms with Gasteiger partial charge in [0.25, 0.3) is 0 Å². The smallest absolute Gasteiger partial charge is 0.372 e. The third-order valence-electron chi connectivity index (χ3n) is 2.31. The second-order valence-electron chi connectivity index (χ2n) is 3.26. The summed E-state index contributed by atoms with van der Waals surface area (Å²) >= 11 is 0. The lowest BCUT2D eigenvalue weighted by Crippen LogP contribution is -1.97. The van der Waals surface area contributed by atoms with Crippen LogP contribution in [0.2, 0.25) is 0 Å². The first-order valence-corrected chi connectivity index (χ1v) is 4.69. The molecule has 1 heterocycles. The van der Waals surface area contributed by atoms with Gasteiger partial charge < -0.3 is 9.52 Å². The molecule has 0 unspecified atom stereocenters. The quantitative estimate of drug-likeness (QED) is 0.864. The lowest BCUT2D eigenvalue weighted by atomic mass is 10.0. The molecule has 2 aromatic rings. The van der Waals surface area contributed by atoms with Crippen molar-refractivity contribution < 1.29 is 18.7 Å². The summed E-state index contributed by atoms with van der Waals surface area (Å²) in [7, 11) is 0. The molecule has 0 aliphatic rings. The molecule has 1 N–H and O–H groups in total. The van der Waals surface area contributed by atoms with Gasteiger partial charge in [-0.3, -0.25) is 0 Å². The lowest BCUT2D eigenvalue weighted by molar-refractivity contribution is 0.0663. The van der Waals surface area contributed by atoms with Crippen LogP contribution < -0.4 is 0 Å². The van der Waals surface area contributed by atoms with Crippen LogP contribution in [-0.2, 0) is 6.67 Å². The van der Waals surface area contributed by atoms with Crippen molar-refractivity contribution in [2.24, 2.45) is 0 Å². The van der Waals surface area contributed by atoms with Gasteiger partial charge in [0.2, 0.25) is 5.76 Å². The van der Waals surface area contributed by atoms with Crippen molar-refractivity contribution in [3.63, 3.8) is 0 Å². The van der Waals surface area contributed by atoms with Crippen molar-refractivity contribution in [2.75, 3.05) is 0 Å². The Morgan fingerprint density at radius 2 is 2.00 bits per heavy atom. The Balaban J connectivity index is 2.58. The first kappa shape index (κ1) is 10.4. The zero-order valence-corrected chi connectivity index (χ0v) is 8.31. The highest BCUT2D eigenvalue weighted by Gasteiger charge is 2.17. The van der Waals surface area contributed by atoms with E-state index in [1.165, 1.54) is 12.3 Å². The van der Waals surface area contributed by atoms with Crippen LogP contribution in [0.4, 0.5) is 4.39 Å². The fourth-order valence-corrected chi connectivity index (χ4v) is 1.59. The maximum Gasteiger partial charge on any atom is 0.372 e. The third kappa shape index (κ3) is 1.69. The van der Waals surface area contributed by atoms with Crippen LogP contribution in [0.5, 0.6) is 0 Å². The van der Waals surface area contributed by atoms with Crippen LogP contribution in [0.1, 0.15) is 16.1 Å². The molecular formula is C12H9FO3. The summed E-state index contributed by atoms with van der Waals surface area (Å²) in [5, 5.41) is 8.89. The number of carboxylic acids is 1. The van der Waals surface area contributed by atoms with Gasteiger partial charge in [-0.25, -0.2) is 9.18 Å². The molecule has 0 saturated heterocycles. The Labute approximate surface area is 91.1 Å². The van der Waals surface area contributed by atoms with Gasteiger partial charge in [-0.1, -0.05) is 24.3 Å². The molecule has 0 atom stereocenters. The molecule has 0 bridgehead atoms. The molecule has 2 rings (SSSR count). The highest BCUT2D eigenvalue weighted by Crippen LogP contribution is 2.28. The summed E-state index contributed by atoms with van der Waals surface area (Å²) in [4.78, 5) is 10.9. The Morgan fingerprint density at radius 1 is 1.25 bits per heavy atom. The number of rotatable bonds is 3. The van der Waals surface area contributed by atoms with Crippen molar-refractivity contribution in [2.45, 2.75) is 6.67 Å². The predicted octanol–water partition coefficient (Wildman–Crippen LogP) is 3.11. The second-order valence-corrected chi connectivity index (χ2v) is 3.26. The van der Waals surface area contributed by atoms with E-state index in [9.17, 15) is 9.18 Å². The Kier molecular flexibility index (Phi) is 2.72. The van der Waals surface area contributed by atoms with E-state index in [0.717, 1.165) is 0 Å². The molecule has 0 spiro atoms. The number of carboxylic acid groups (broad SMARTS) is 1. The zero-order valence-electron chi connectivity index (χ0n) is 8.31. The predicted molar refractivity (Wildman–Crippen MR) is 55.9 cm³/mol. The van der Waals surface area contributed by atoms with Gasteiger partial charge in [-0.15, -0.1) is 0 Å². The third-order valence-corrected chi connectivity index (χ3v) is 2.31. The van der Waals surface area contributed by atoms with E-state index in [-0.39, 0.29) is 5.76 Å². The van der Waals surface area contributed by atoms with Gasteiger partial charge in [0.15, 0.2) is 0 Å². The number of alkyl halides is 1. The molecule has 4 heteroatoms. The minimum Gasteiger partial charge on any atom is -0.475 e. The number of benzene rings is 1. The van der Waals surface area contributed by atoms with Crippen LogP contribution in [0.15, 0.2) is 41.0 Å². The maximum atomic E-state index is 12.7. The number of hydrogen-bond donors (Lipinski definition) is 1. The average molecular weight is 220 g/mol. The average Bonchev–Trinajstić information content (AvgIpc) is 2.77. The van der Waals surface area contributed by atoms with E-state index >= 15 is 0 Å². The molecule has 16 heavy (non-hydrogen) atoms. The van der Waals surface area contributed by atoms with Crippen molar-refractivity contribution in [3.8, 4) is 11.1 Å². The van der Waals surface area contributed by atoms with Gasteiger partial charge in [-0.05, 0) is 17.2 Å². The molecular weight excluding hydrogens is 211 g/mol. The fraction of sp³-hybridized carbons (Fsp3) is 0.0833. The van der Waals surface area contributed by atoms with Crippen molar-refractivity contribution in [3.05, 3.63) is 47.9 Å². The highest BCUT2D eigenvalue weighted by atomic mass is 19.1. The molecule has 0 amide bonds. The normalized spacial score (nSPS) is 10.3. The molecule has 0 radical (unpaired) electrons. The molecule has 82 valence electrons.